The van der Waals surface area contributed by atoms with Gasteiger partial charge in [0.15, 0.2) is 0 Å². The fraction of sp³-hybridized carbons (Fsp3) is 0.375. The van der Waals surface area contributed by atoms with Crippen molar-refractivity contribution in [3.05, 3.63) is 41.1 Å². The summed E-state index contributed by atoms with van der Waals surface area (Å²) in [5, 5.41) is 3.28. The van der Waals surface area contributed by atoms with Gasteiger partial charge >= 0.3 is 6.18 Å². The van der Waals surface area contributed by atoms with Gasteiger partial charge in [0, 0.05) is 17.6 Å². The van der Waals surface area contributed by atoms with Gasteiger partial charge in [0.1, 0.15) is 6.61 Å². The van der Waals surface area contributed by atoms with Gasteiger partial charge in [-0.15, -0.1) is 0 Å². The predicted octanol–water partition coefficient (Wildman–Crippen LogP) is 3.16. The summed E-state index contributed by atoms with van der Waals surface area (Å²) in [6, 6.07) is 7.26. The number of fused-ring (bicyclic) bond motifs is 1. The van der Waals surface area contributed by atoms with Crippen LogP contribution in [0, 0.1) is 13.8 Å². The molecule has 1 amide bonds. The van der Waals surface area contributed by atoms with E-state index in [1.54, 1.807) is 13.0 Å². The average Bonchev–Trinajstić information content (AvgIpc) is 2.45. The molecule has 0 saturated heterocycles. The Labute approximate surface area is 131 Å². The average molecular weight is 326 g/mol. The fourth-order valence-corrected chi connectivity index (χ4v) is 2.18. The topological polar surface area (TPSA) is 51.2 Å². The Balaban J connectivity index is 2.05. The van der Waals surface area contributed by atoms with Crippen LogP contribution >= 0.6 is 0 Å². The van der Waals surface area contributed by atoms with Crippen molar-refractivity contribution >= 4 is 16.8 Å². The number of nitrogens with one attached hydrogen (secondary N) is 1. The van der Waals surface area contributed by atoms with E-state index in [-0.39, 0.29) is 19.1 Å². The molecule has 1 N–H and O–H groups in total. The smallest absolute Gasteiger partial charge is 0.370 e. The number of ether oxygens (including phenoxy) is 1. The van der Waals surface area contributed by atoms with Crippen molar-refractivity contribution in [2.45, 2.75) is 20.0 Å². The molecule has 1 aromatic heterocycles. The van der Waals surface area contributed by atoms with E-state index in [2.05, 4.69) is 15.0 Å². The molecule has 2 aromatic rings. The first-order valence-corrected chi connectivity index (χ1v) is 7.07. The molecule has 0 spiro atoms. The zero-order chi connectivity index (χ0) is 17.0. The highest BCUT2D eigenvalue weighted by Crippen LogP contribution is 2.20. The minimum absolute atomic E-state index is 0.00356. The second-order valence-electron chi connectivity index (χ2n) is 5.26. The number of nitrogens with zero attached hydrogens (tertiary/aromatic N) is 1. The number of benzene rings is 1. The fourth-order valence-electron chi connectivity index (χ4n) is 2.18. The number of aryl methyl sites for hydroxylation is 2. The molecule has 0 aliphatic heterocycles. The van der Waals surface area contributed by atoms with Gasteiger partial charge in [-0.2, -0.15) is 13.2 Å². The lowest BCUT2D eigenvalue weighted by atomic mass is 10.0. The lowest BCUT2D eigenvalue weighted by molar-refractivity contribution is -0.173. The van der Waals surface area contributed by atoms with E-state index < -0.39 is 12.8 Å². The van der Waals surface area contributed by atoms with Crippen LogP contribution in [0.5, 0.6) is 0 Å². The summed E-state index contributed by atoms with van der Waals surface area (Å²) in [6.07, 6.45) is -4.36. The Morgan fingerprint density at radius 3 is 2.70 bits per heavy atom. The van der Waals surface area contributed by atoms with Gasteiger partial charge in [-0.1, -0.05) is 11.6 Å². The van der Waals surface area contributed by atoms with Crippen molar-refractivity contribution in [2.24, 2.45) is 0 Å². The first kappa shape index (κ1) is 17.2. The summed E-state index contributed by atoms with van der Waals surface area (Å²) in [4.78, 5) is 16.6. The Hall–Kier alpha value is -2.15. The van der Waals surface area contributed by atoms with Crippen molar-refractivity contribution in [2.75, 3.05) is 19.8 Å². The van der Waals surface area contributed by atoms with E-state index in [0.717, 1.165) is 5.56 Å². The number of amides is 1. The van der Waals surface area contributed by atoms with Gasteiger partial charge in [0.25, 0.3) is 5.91 Å². The summed E-state index contributed by atoms with van der Waals surface area (Å²) in [6.45, 7) is 2.17. The van der Waals surface area contributed by atoms with E-state index in [1.807, 2.05) is 25.1 Å². The van der Waals surface area contributed by atoms with Crippen LogP contribution in [0.1, 0.15) is 21.6 Å². The molecule has 0 aliphatic rings. The molecule has 124 valence electrons. The number of alkyl halides is 3. The van der Waals surface area contributed by atoms with Crippen LogP contribution in [0.4, 0.5) is 13.2 Å². The zero-order valence-electron chi connectivity index (χ0n) is 12.8. The summed E-state index contributed by atoms with van der Waals surface area (Å²) in [5.74, 6) is -0.360. The molecule has 0 aliphatic carbocycles. The van der Waals surface area contributed by atoms with Gasteiger partial charge in [-0.25, -0.2) is 0 Å². The second-order valence-corrected chi connectivity index (χ2v) is 5.26. The summed E-state index contributed by atoms with van der Waals surface area (Å²) in [7, 11) is 0. The third-order valence-corrected chi connectivity index (χ3v) is 3.13. The van der Waals surface area contributed by atoms with E-state index >= 15 is 0 Å². The Morgan fingerprint density at radius 2 is 2.00 bits per heavy atom. The molecule has 0 unspecified atom stereocenters. The minimum Gasteiger partial charge on any atom is -0.370 e. The SMILES string of the molecule is Cc1ccc2nc(C)cc(C(=O)NCCOCC(F)(F)F)c2c1. The number of hydrogen-bond acceptors (Lipinski definition) is 3. The number of rotatable bonds is 5. The third-order valence-electron chi connectivity index (χ3n) is 3.13. The van der Waals surface area contributed by atoms with E-state index in [9.17, 15) is 18.0 Å². The second kappa shape index (κ2) is 6.95. The number of pyridine rings is 1. The molecule has 4 nitrogen and oxygen atoms in total. The standard InChI is InChI=1S/C16H17F3N2O2/c1-10-3-4-14-12(7-10)13(8-11(2)21-14)15(22)20-5-6-23-9-16(17,18)19/h3-4,7-8H,5-6,9H2,1-2H3,(H,20,22). The van der Waals surface area contributed by atoms with Gasteiger partial charge < -0.3 is 10.1 Å². The molecule has 0 atom stereocenters. The van der Waals surface area contributed by atoms with Crippen molar-refractivity contribution in [3.63, 3.8) is 0 Å². The van der Waals surface area contributed by atoms with Crippen LogP contribution < -0.4 is 5.32 Å². The van der Waals surface area contributed by atoms with Gasteiger partial charge in [-0.3, -0.25) is 9.78 Å². The number of aromatic nitrogens is 1. The maximum Gasteiger partial charge on any atom is 0.411 e. The molecule has 2 rings (SSSR count). The summed E-state index contributed by atoms with van der Waals surface area (Å²) in [5.41, 5.74) is 2.84. The van der Waals surface area contributed by atoms with Crippen LogP contribution in [-0.2, 0) is 4.74 Å². The quantitative estimate of drug-likeness (QED) is 0.859. The van der Waals surface area contributed by atoms with Crippen molar-refractivity contribution in [3.8, 4) is 0 Å². The lowest BCUT2D eigenvalue weighted by Gasteiger charge is -2.11. The number of hydrogen-bond donors (Lipinski definition) is 1. The maximum absolute atomic E-state index is 12.3. The highest BCUT2D eigenvalue weighted by molar-refractivity contribution is 6.06. The van der Waals surface area contributed by atoms with Crippen molar-refractivity contribution in [1.29, 1.82) is 0 Å². The molecule has 0 radical (unpaired) electrons. The van der Waals surface area contributed by atoms with Gasteiger partial charge in [-0.05, 0) is 32.0 Å². The lowest BCUT2D eigenvalue weighted by Crippen LogP contribution is -2.29. The van der Waals surface area contributed by atoms with E-state index in [4.69, 9.17) is 0 Å². The molecule has 23 heavy (non-hydrogen) atoms. The van der Waals surface area contributed by atoms with Crippen molar-refractivity contribution < 1.29 is 22.7 Å². The van der Waals surface area contributed by atoms with Gasteiger partial charge in [0.05, 0.1) is 17.7 Å². The monoisotopic (exact) mass is 326 g/mol. The van der Waals surface area contributed by atoms with Crippen LogP contribution in [0.25, 0.3) is 10.9 Å². The normalized spacial score (nSPS) is 11.7. The number of carbonyl (C=O) groups is 1. The van der Waals surface area contributed by atoms with Gasteiger partial charge in [0.2, 0.25) is 0 Å². The highest BCUT2D eigenvalue weighted by atomic mass is 19.4. The van der Waals surface area contributed by atoms with Crippen LogP contribution in [0.2, 0.25) is 0 Å². The van der Waals surface area contributed by atoms with Crippen molar-refractivity contribution in [1.82, 2.24) is 10.3 Å². The molecular weight excluding hydrogens is 309 g/mol. The first-order valence-electron chi connectivity index (χ1n) is 7.07. The largest absolute Gasteiger partial charge is 0.411 e. The van der Waals surface area contributed by atoms with Crippen LogP contribution in [-0.4, -0.2) is 36.8 Å². The third kappa shape index (κ3) is 4.92. The molecule has 7 heteroatoms. The summed E-state index contributed by atoms with van der Waals surface area (Å²) < 4.78 is 40.3. The Morgan fingerprint density at radius 1 is 1.26 bits per heavy atom. The Kier molecular flexibility index (Phi) is 5.20. The predicted molar refractivity (Wildman–Crippen MR) is 80.4 cm³/mol. The van der Waals surface area contributed by atoms with Crippen LogP contribution in [0.3, 0.4) is 0 Å². The molecule has 0 saturated carbocycles. The zero-order valence-corrected chi connectivity index (χ0v) is 12.8. The first-order chi connectivity index (χ1) is 10.8. The van der Waals surface area contributed by atoms with E-state index in [0.29, 0.717) is 22.2 Å². The number of carbonyl (C=O) groups excluding carboxylic acids is 1. The van der Waals surface area contributed by atoms with Crippen LogP contribution in [0.15, 0.2) is 24.3 Å². The molecule has 1 heterocycles. The molecule has 1 aromatic carbocycles. The minimum atomic E-state index is -4.36. The molecular formula is C16H17F3N2O2. The summed E-state index contributed by atoms with van der Waals surface area (Å²) >= 11 is 0. The Bertz CT molecular complexity index is 714. The molecule has 0 fully saturated rings. The highest BCUT2D eigenvalue weighted by Gasteiger charge is 2.27. The number of halogens is 3. The maximum atomic E-state index is 12.3. The molecule has 0 bridgehead atoms. The van der Waals surface area contributed by atoms with E-state index in [1.165, 1.54) is 0 Å².